The van der Waals surface area contributed by atoms with E-state index in [2.05, 4.69) is 96.4 Å². The molecule has 3 heterocycles. The number of rotatable bonds is 14. The van der Waals surface area contributed by atoms with E-state index in [1.165, 1.54) is 24.6 Å². The van der Waals surface area contributed by atoms with Crippen LogP contribution in [0.4, 0.5) is 16.6 Å². The molecule has 3 aromatic carbocycles. The number of carbonyl (C=O) groups excluding carboxylic acids is 2. The SMILES string of the molecule is CCCCN(CCO[Si](c1ccccc1)(c1ccccc1)C(C)(C)C)c1nc(NC(=O)OC)nc2cn(Cc3ccc(C(=O)OC)c4cccnc34)nc12. The summed E-state index contributed by atoms with van der Waals surface area (Å²) in [6.07, 6.45) is 4.70. The number of nitrogens with one attached hydrogen (secondary N) is 1. The molecule has 6 rings (SSSR count). The standard InChI is InChI=1S/C41H47N7O5Si/c1-7-8-24-47(25-26-53-54(41(2,3)4,30-16-11-9-12-17-30)31-18-13-10-14-19-31)37-36-34(43-39(44-37)45-40(50)52-6)28-48(46-36)27-29-21-22-33(38(49)51-5)32-20-15-23-42-35(29)32/h9-23,28H,7-8,24-27H2,1-6H3,(H,43,45,50). The van der Waals surface area contributed by atoms with Gasteiger partial charge in [-0.05, 0) is 39.5 Å². The molecule has 0 aliphatic rings. The first-order chi connectivity index (χ1) is 26.1. The summed E-state index contributed by atoms with van der Waals surface area (Å²) in [7, 11) is -0.143. The molecule has 54 heavy (non-hydrogen) atoms. The lowest BCUT2D eigenvalue weighted by Gasteiger charge is -2.43. The first kappa shape index (κ1) is 38.1. The number of fused-ring (bicyclic) bond motifs is 2. The Balaban J connectivity index is 1.39. The van der Waals surface area contributed by atoms with Crippen LogP contribution in [0, 0.1) is 0 Å². The van der Waals surface area contributed by atoms with Crippen LogP contribution >= 0.6 is 0 Å². The van der Waals surface area contributed by atoms with E-state index in [9.17, 15) is 9.59 Å². The number of carbonyl (C=O) groups is 2. The minimum Gasteiger partial charge on any atom is -0.465 e. The fourth-order valence-electron chi connectivity index (χ4n) is 7.01. The number of amides is 1. The summed E-state index contributed by atoms with van der Waals surface area (Å²) in [6.45, 7) is 10.9. The second-order valence-corrected chi connectivity index (χ2v) is 18.4. The Morgan fingerprint density at radius 3 is 2.19 bits per heavy atom. The van der Waals surface area contributed by atoms with Gasteiger partial charge in [-0.3, -0.25) is 15.0 Å². The topological polar surface area (TPSA) is 134 Å². The van der Waals surface area contributed by atoms with E-state index < -0.39 is 20.4 Å². The number of anilines is 2. The number of benzene rings is 3. The molecule has 0 saturated carbocycles. The Bertz CT molecular complexity index is 2190. The summed E-state index contributed by atoms with van der Waals surface area (Å²) in [6, 6.07) is 28.4. The molecule has 0 unspecified atom stereocenters. The lowest BCUT2D eigenvalue weighted by Crippen LogP contribution is -2.67. The average molecular weight is 746 g/mol. The highest BCUT2D eigenvalue weighted by Gasteiger charge is 2.50. The van der Waals surface area contributed by atoms with Gasteiger partial charge in [0.25, 0.3) is 8.32 Å². The van der Waals surface area contributed by atoms with Crippen LogP contribution in [0.1, 0.15) is 56.5 Å². The molecule has 0 aliphatic heterocycles. The number of nitrogens with zero attached hydrogens (tertiary/aromatic N) is 6. The third kappa shape index (κ3) is 7.82. The van der Waals surface area contributed by atoms with E-state index in [-0.39, 0.29) is 11.0 Å². The number of pyridine rings is 1. The Labute approximate surface area is 316 Å². The van der Waals surface area contributed by atoms with Gasteiger partial charge in [0, 0.05) is 24.7 Å². The zero-order chi connectivity index (χ0) is 38.3. The number of ether oxygens (including phenoxy) is 2. The molecule has 13 heteroatoms. The van der Waals surface area contributed by atoms with Crippen LogP contribution in [-0.2, 0) is 20.4 Å². The predicted molar refractivity (Wildman–Crippen MR) is 214 cm³/mol. The number of aromatic nitrogens is 5. The van der Waals surface area contributed by atoms with Gasteiger partial charge in [-0.15, -0.1) is 0 Å². The molecule has 0 saturated heterocycles. The first-order valence-electron chi connectivity index (χ1n) is 18.1. The van der Waals surface area contributed by atoms with Crippen LogP contribution in [0.15, 0.2) is 97.3 Å². The molecule has 0 fully saturated rings. The fraction of sp³-hybridized carbons (Fsp3) is 0.317. The molecule has 1 amide bonds. The number of hydrogen-bond acceptors (Lipinski definition) is 10. The maximum absolute atomic E-state index is 12.5. The van der Waals surface area contributed by atoms with Crippen molar-refractivity contribution in [3.05, 3.63) is 108 Å². The van der Waals surface area contributed by atoms with Gasteiger partial charge in [0.05, 0.1) is 44.6 Å². The number of hydrogen-bond donors (Lipinski definition) is 1. The van der Waals surface area contributed by atoms with Crippen LogP contribution in [0.25, 0.3) is 21.9 Å². The fourth-order valence-corrected chi connectivity index (χ4v) is 11.6. The van der Waals surface area contributed by atoms with Crippen molar-refractivity contribution < 1.29 is 23.5 Å². The molecule has 0 atom stereocenters. The van der Waals surface area contributed by atoms with Crippen molar-refractivity contribution in [2.45, 2.75) is 52.1 Å². The summed E-state index contributed by atoms with van der Waals surface area (Å²) in [5, 5.41) is 10.6. The molecule has 0 spiro atoms. The van der Waals surface area contributed by atoms with Gasteiger partial charge in [0.1, 0.15) is 5.52 Å². The van der Waals surface area contributed by atoms with Crippen LogP contribution in [0.2, 0.25) is 5.04 Å². The Morgan fingerprint density at radius 1 is 0.852 bits per heavy atom. The molecule has 0 radical (unpaired) electrons. The van der Waals surface area contributed by atoms with E-state index in [0.29, 0.717) is 59.6 Å². The summed E-state index contributed by atoms with van der Waals surface area (Å²) < 4.78 is 19.0. The van der Waals surface area contributed by atoms with E-state index in [1.54, 1.807) is 23.0 Å². The zero-order valence-electron chi connectivity index (χ0n) is 31.7. The van der Waals surface area contributed by atoms with Crippen LogP contribution in [0.5, 0.6) is 0 Å². The molecule has 3 aromatic heterocycles. The lowest BCUT2D eigenvalue weighted by molar-refractivity contribution is 0.0603. The van der Waals surface area contributed by atoms with Gasteiger partial charge in [0.15, 0.2) is 11.3 Å². The molecule has 0 aliphatic carbocycles. The minimum absolute atomic E-state index is 0.104. The Kier molecular flexibility index (Phi) is 11.7. The van der Waals surface area contributed by atoms with Crippen LogP contribution in [0.3, 0.4) is 0 Å². The normalized spacial score (nSPS) is 11.8. The number of esters is 1. The molecule has 12 nitrogen and oxygen atoms in total. The molecule has 0 bridgehead atoms. The van der Waals surface area contributed by atoms with Crippen molar-refractivity contribution in [1.29, 1.82) is 0 Å². The second-order valence-electron chi connectivity index (χ2n) is 14.1. The summed E-state index contributed by atoms with van der Waals surface area (Å²) in [4.78, 5) is 41.2. The van der Waals surface area contributed by atoms with Crippen molar-refractivity contribution in [2.75, 3.05) is 44.1 Å². The maximum Gasteiger partial charge on any atom is 0.413 e. The van der Waals surface area contributed by atoms with Gasteiger partial charge >= 0.3 is 12.1 Å². The van der Waals surface area contributed by atoms with Crippen molar-refractivity contribution in [3.8, 4) is 0 Å². The quantitative estimate of drug-likeness (QED) is 0.0964. The molecule has 1 N–H and O–H groups in total. The second kappa shape index (κ2) is 16.6. The Hall–Kier alpha value is -5.66. The molecule has 280 valence electrons. The van der Waals surface area contributed by atoms with Crippen molar-refractivity contribution in [2.24, 2.45) is 0 Å². The largest absolute Gasteiger partial charge is 0.465 e. The summed E-state index contributed by atoms with van der Waals surface area (Å²) in [5.41, 5.74) is 3.09. The van der Waals surface area contributed by atoms with E-state index in [0.717, 1.165) is 18.4 Å². The maximum atomic E-state index is 12.5. The summed E-state index contributed by atoms with van der Waals surface area (Å²) >= 11 is 0. The van der Waals surface area contributed by atoms with Gasteiger partial charge in [0.2, 0.25) is 5.95 Å². The van der Waals surface area contributed by atoms with Crippen LogP contribution in [-0.4, -0.2) is 79.0 Å². The molecular weight excluding hydrogens is 699 g/mol. The van der Waals surface area contributed by atoms with E-state index in [4.69, 9.17) is 24.0 Å². The Morgan fingerprint density at radius 2 is 1.56 bits per heavy atom. The highest BCUT2D eigenvalue weighted by atomic mass is 28.4. The van der Waals surface area contributed by atoms with Gasteiger partial charge in [-0.2, -0.15) is 10.1 Å². The highest BCUT2D eigenvalue weighted by molar-refractivity contribution is 6.99. The number of methoxy groups -OCH3 is 2. The predicted octanol–water partition coefficient (Wildman–Crippen LogP) is 6.57. The van der Waals surface area contributed by atoms with Crippen molar-refractivity contribution in [1.82, 2.24) is 24.7 Å². The number of unbranched alkanes of at least 4 members (excludes halogenated alkanes) is 1. The van der Waals surface area contributed by atoms with Gasteiger partial charge in [-0.1, -0.05) is 107 Å². The lowest BCUT2D eigenvalue weighted by atomic mass is 10.0. The van der Waals surface area contributed by atoms with Crippen LogP contribution < -0.4 is 20.6 Å². The minimum atomic E-state index is -2.80. The monoisotopic (exact) mass is 745 g/mol. The third-order valence-electron chi connectivity index (χ3n) is 9.56. The van der Waals surface area contributed by atoms with Crippen molar-refractivity contribution in [3.63, 3.8) is 0 Å². The first-order valence-corrected chi connectivity index (χ1v) is 20.1. The average Bonchev–Trinajstić information content (AvgIpc) is 3.59. The summed E-state index contributed by atoms with van der Waals surface area (Å²) in [5.74, 6) is 0.252. The van der Waals surface area contributed by atoms with Gasteiger partial charge < -0.3 is 18.8 Å². The molecular formula is C41H47N7O5Si. The van der Waals surface area contributed by atoms with E-state index >= 15 is 0 Å². The van der Waals surface area contributed by atoms with Crippen molar-refractivity contribution >= 4 is 64.5 Å². The third-order valence-corrected chi connectivity index (χ3v) is 14.6. The zero-order valence-corrected chi connectivity index (χ0v) is 32.7. The smallest absolute Gasteiger partial charge is 0.413 e. The van der Waals surface area contributed by atoms with Gasteiger partial charge in [-0.25, -0.2) is 14.6 Å². The van der Waals surface area contributed by atoms with E-state index in [1.807, 2.05) is 30.5 Å². The highest BCUT2D eigenvalue weighted by Crippen LogP contribution is 2.37. The molecule has 6 aromatic rings.